The Balaban J connectivity index is 2.33. The van der Waals surface area contributed by atoms with Gasteiger partial charge in [-0.1, -0.05) is 0 Å². The SMILES string of the molecule is Nc1[nH]ncc1S(=O)(=O)Nc1cncc(Br)c1. The molecule has 0 radical (unpaired) electrons. The quantitative estimate of drug-likeness (QED) is 0.779. The molecule has 0 aliphatic carbocycles. The summed E-state index contributed by atoms with van der Waals surface area (Å²) in [4.78, 5) is 3.74. The number of nitrogens with zero attached hydrogens (tertiary/aromatic N) is 2. The third kappa shape index (κ3) is 2.56. The van der Waals surface area contributed by atoms with Gasteiger partial charge in [-0.3, -0.25) is 14.8 Å². The molecule has 0 aromatic carbocycles. The smallest absolute Gasteiger partial charge is 0.267 e. The van der Waals surface area contributed by atoms with Crippen LogP contribution in [0.3, 0.4) is 0 Å². The molecule has 0 fully saturated rings. The van der Waals surface area contributed by atoms with E-state index in [2.05, 4.69) is 35.8 Å². The number of halogens is 1. The molecule has 0 amide bonds. The minimum Gasteiger partial charge on any atom is -0.383 e. The summed E-state index contributed by atoms with van der Waals surface area (Å²) in [5.74, 6) is -0.0135. The lowest BCUT2D eigenvalue weighted by molar-refractivity contribution is 0.601. The van der Waals surface area contributed by atoms with Crippen LogP contribution in [0.2, 0.25) is 0 Å². The number of nitrogen functional groups attached to an aromatic ring is 1. The normalized spacial score (nSPS) is 11.4. The molecular formula is C8H8BrN5O2S. The van der Waals surface area contributed by atoms with Crippen molar-refractivity contribution < 1.29 is 8.42 Å². The maximum atomic E-state index is 11.9. The largest absolute Gasteiger partial charge is 0.383 e. The fraction of sp³-hybridized carbons (Fsp3) is 0. The van der Waals surface area contributed by atoms with Gasteiger partial charge in [0.2, 0.25) is 0 Å². The van der Waals surface area contributed by atoms with Gasteiger partial charge in [-0.25, -0.2) is 8.42 Å². The average molecular weight is 318 g/mol. The number of aromatic amines is 1. The van der Waals surface area contributed by atoms with E-state index in [1.165, 1.54) is 6.20 Å². The second kappa shape index (κ2) is 4.34. The van der Waals surface area contributed by atoms with E-state index in [0.29, 0.717) is 10.2 Å². The zero-order chi connectivity index (χ0) is 12.5. The summed E-state index contributed by atoms with van der Waals surface area (Å²) in [6.07, 6.45) is 4.08. The lowest BCUT2D eigenvalue weighted by atomic mass is 10.4. The monoisotopic (exact) mass is 317 g/mol. The van der Waals surface area contributed by atoms with Crippen LogP contribution in [0.5, 0.6) is 0 Å². The Labute approximate surface area is 106 Å². The molecule has 0 spiro atoms. The van der Waals surface area contributed by atoms with Gasteiger partial charge in [0.25, 0.3) is 10.0 Å². The van der Waals surface area contributed by atoms with E-state index in [1.807, 2.05) is 0 Å². The van der Waals surface area contributed by atoms with Gasteiger partial charge in [-0.15, -0.1) is 0 Å². The maximum Gasteiger partial charge on any atom is 0.267 e. The van der Waals surface area contributed by atoms with Crippen molar-refractivity contribution in [2.24, 2.45) is 0 Å². The Morgan fingerprint density at radius 3 is 2.71 bits per heavy atom. The fourth-order valence-corrected chi connectivity index (χ4v) is 2.60. The zero-order valence-corrected chi connectivity index (χ0v) is 10.8. The Hall–Kier alpha value is -1.61. The van der Waals surface area contributed by atoms with Crippen molar-refractivity contribution >= 4 is 37.5 Å². The molecule has 2 rings (SSSR count). The third-order valence-corrected chi connectivity index (χ3v) is 3.72. The van der Waals surface area contributed by atoms with Crippen LogP contribution in [0.1, 0.15) is 0 Å². The summed E-state index contributed by atoms with van der Waals surface area (Å²) in [7, 11) is -3.75. The minimum absolute atomic E-state index is 0.0135. The van der Waals surface area contributed by atoms with Crippen molar-refractivity contribution in [1.29, 1.82) is 0 Å². The molecule has 17 heavy (non-hydrogen) atoms. The van der Waals surface area contributed by atoms with Gasteiger partial charge in [-0.2, -0.15) is 5.10 Å². The minimum atomic E-state index is -3.75. The first kappa shape index (κ1) is 11.9. The van der Waals surface area contributed by atoms with E-state index in [4.69, 9.17) is 5.73 Å². The predicted octanol–water partition coefficient (Wildman–Crippen LogP) is 0.950. The summed E-state index contributed by atoms with van der Waals surface area (Å²) < 4.78 is 26.8. The lowest BCUT2D eigenvalue weighted by Crippen LogP contribution is -2.14. The number of rotatable bonds is 3. The van der Waals surface area contributed by atoms with E-state index >= 15 is 0 Å². The highest BCUT2D eigenvalue weighted by atomic mass is 79.9. The van der Waals surface area contributed by atoms with Crippen LogP contribution < -0.4 is 10.5 Å². The molecule has 0 saturated carbocycles. The molecule has 7 nitrogen and oxygen atoms in total. The van der Waals surface area contributed by atoms with Crippen molar-refractivity contribution in [3.8, 4) is 0 Å². The van der Waals surface area contributed by atoms with Crippen molar-refractivity contribution in [3.63, 3.8) is 0 Å². The second-order valence-corrected chi connectivity index (χ2v) is 5.71. The molecule has 0 bridgehead atoms. The number of hydrogen-bond acceptors (Lipinski definition) is 5. The van der Waals surface area contributed by atoms with E-state index in [-0.39, 0.29) is 10.7 Å². The average Bonchev–Trinajstić information content (AvgIpc) is 2.64. The van der Waals surface area contributed by atoms with Crippen LogP contribution >= 0.6 is 15.9 Å². The lowest BCUT2D eigenvalue weighted by Gasteiger charge is -2.06. The summed E-state index contributed by atoms with van der Waals surface area (Å²) >= 11 is 3.19. The van der Waals surface area contributed by atoms with E-state index < -0.39 is 10.0 Å². The highest BCUT2D eigenvalue weighted by Crippen LogP contribution is 2.20. The predicted molar refractivity (Wildman–Crippen MR) is 65.7 cm³/mol. The topological polar surface area (TPSA) is 114 Å². The highest BCUT2D eigenvalue weighted by molar-refractivity contribution is 9.10. The molecule has 9 heteroatoms. The van der Waals surface area contributed by atoms with Crippen molar-refractivity contribution in [2.75, 3.05) is 10.5 Å². The molecule has 0 atom stereocenters. The fourth-order valence-electron chi connectivity index (χ4n) is 1.18. The zero-order valence-electron chi connectivity index (χ0n) is 8.38. The highest BCUT2D eigenvalue weighted by Gasteiger charge is 2.19. The number of aromatic nitrogens is 3. The first-order valence-corrected chi connectivity index (χ1v) is 6.69. The number of H-pyrrole nitrogens is 1. The van der Waals surface area contributed by atoms with E-state index in [0.717, 1.165) is 6.20 Å². The Kier molecular flexibility index (Phi) is 3.03. The van der Waals surface area contributed by atoms with Gasteiger partial charge in [0.1, 0.15) is 10.7 Å². The van der Waals surface area contributed by atoms with Gasteiger partial charge in [-0.05, 0) is 22.0 Å². The number of sulfonamides is 1. The molecule has 0 aliphatic heterocycles. The summed E-state index contributed by atoms with van der Waals surface area (Å²) in [5, 5.41) is 5.91. The van der Waals surface area contributed by atoms with Crippen LogP contribution in [-0.4, -0.2) is 23.6 Å². The van der Waals surface area contributed by atoms with Crippen LogP contribution in [0, 0.1) is 0 Å². The van der Waals surface area contributed by atoms with Crippen LogP contribution in [-0.2, 0) is 10.0 Å². The van der Waals surface area contributed by atoms with Crippen molar-refractivity contribution in [1.82, 2.24) is 15.2 Å². The molecule has 4 N–H and O–H groups in total. The van der Waals surface area contributed by atoms with E-state index in [9.17, 15) is 8.42 Å². The molecule has 0 aliphatic rings. The first-order chi connectivity index (χ1) is 7.99. The molecule has 2 heterocycles. The number of pyridine rings is 1. The molecule has 2 aromatic heterocycles. The molecule has 2 aromatic rings. The Morgan fingerprint density at radius 2 is 2.12 bits per heavy atom. The van der Waals surface area contributed by atoms with Gasteiger partial charge in [0, 0.05) is 10.7 Å². The van der Waals surface area contributed by atoms with Gasteiger partial charge in [0.05, 0.1) is 18.1 Å². The standard InChI is InChI=1S/C8H8BrN5O2S/c9-5-1-6(3-11-2-5)14-17(15,16)7-4-12-13-8(7)10/h1-4,14H,(H3,10,12,13). The van der Waals surface area contributed by atoms with Crippen molar-refractivity contribution in [2.45, 2.75) is 4.90 Å². The van der Waals surface area contributed by atoms with E-state index in [1.54, 1.807) is 12.3 Å². The van der Waals surface area contributed by atoms with Crippen LogP contribution in [0.15, 0.2) is 34.0 Å². The second-order valence-electron chi connectivity index (χ2n) is 3.15. The van der Waals surface area contributed by atoms with Crippen LogP contribution in [0.4, 0.5) is 11.5 Å². The number of anilines is 2. The summed E-state index contributed by atoms with van der Waals surface area (Å²) in [6.45, 7) is 0. The molecule has 0 saturated heterocycles. The Morgan fingerprint density at radius 1 is 1.35 bits per heavy atom. The maximum absolute atomic E-state index is 11.9. The first-order valence-electron chi connectivity index (χ1n) is 4.41. The summed E-state index contributed by atoms with van der Waals surface area (Å²) in [5.41, 5.74) is 5.78. The molecule has 90 valence electrons. The van der Waals surface area contributed by atoms with Gasteiger partial charge in [0.15, 0.2) is 0 Å². The Bertz CT molecular complexity index is 639. The van der Waals surface area contributed by atoms with Crippen molar-refractivity contribution in [3.05, 3.63) is 29.1 Å². The third-order valence-electron chi connectivity index (χ3n) is 1.88. The molecule has 0 unspecified atom stereocenters. The van der Waals surface area contributed by atoms with Crippen LogP contribution in [0.25, 0.3) is 0 Å². The number of nitrogens with one attached hydrogen (secondary N) is 2. The van der Waals surface area contributed by atoms with Gasteiger partial charge >= 0.3 is 0 Å². The molecular weight excluding hydrogens is 310 g/mol. The van der Waals surface area contributed by atoms with Gasteiger partial charge < -0.3 is 5.73 Å². The number of hydrogen-bond donors (Lipinski definition) is 3. The number of nitrogens with two attached hydrogens (primary N) is 1. The summed E-state index contributed by atoms with van der Waals surface area (Å²) in [6, 6.07) is 1.58.